The van der Waals surface area contributed by atoms with Crippen LogP contribution < -0.4 is 14.8 Å². The third-order valence-corrected chi connectivity index (χ3v) is 4.12. The summed E-state index contributed by atoms with van der Waals surface area (Å²) in [4.78, 5) is 2.62. The molecule has 2 fully saturated rings. The van der Waals surface area contributed by atoms with Gasteiger partial charge in [0.1, 0.15) is 0 Å². The molecule has 1 aromatic carbocycles. The summed E-state index contributed by atoms with van der Waals surface area (Å²) in [5, 5.41) is 3.63. The molecule has 1 unspecified atom stereocenters. The average molecular weight is 276 g/mol. The monoisotopic (exact) mass is 276 g/mol. The van der Waals surface area contributed by atoms with Crippen molar-refractivity contribution in [1.29, 1.82) is 0 Å². The summed E-state index contributed by atoms with van der Waals surface area (Å²) < 4.78 is 10.9. The molecule has 1 atom stereocenters. The van der Waals surface area contributed by atoms with Crippen LogP contribution in [0, 0.1) is 0 Å². The minimum atomic E-state index is 0.554. The van der Waals surface area contributed by atoms with Crippen molar-refractivity contribution in [2.24, 2.45) is 0 Å². The molecule has 0 aromatic heterocycles. The number of hydrogen-bond acceptors (Lipinski definition) is 4. The Morgan fingerprint density at radius 1 is 1.25 bits per heavy atom. The summed E-state index contributed by atoms with van der Waals surface area (Å²) in [5.74, 6) is 1.61. The molecule has 1 saturated heterocycles. The Morgan fingerprint density at radius 2 is 2.10 bits per heavy atom. The van der Waals surface area contributed by atoms with E-state index in [0.717, 1.165) is 23.2 Å². The quantitative estimate of drug-likeness (QED) is 0.866. The molecule has 1 aliphatic carbocycles. The lowest BCUT2D eigenvalue weighted by Gasteiger charge is -2.18. The van der Waals surface area contributed by atoms with Gasteiger partial charge < -0.3 is 14.8 Å². The summed E-state index contributed by atoms with van der Waals surface area (Å²) in [6.45, 7) is 5.04. The molecule has 20 heavy (non-hydrogen) atoms. The third kappa shape index (κ3) is 3.01. The number of hydrogen-bond donors (Lipinski definition) is 1. The largest absolute Gasteiger partial charge is 0.493 e. The smallest absolute Gasteiger partial charge is 0.163 e. The van der Waals surface area contributed by atoms with Crippen LogP contribution in [0.5, 0.6) is 11.5 Å². The number of likely N-dealkylation sites (tertiary alicyclic amines) is 1. The van der Waals surface area contributed by atoms with Crippen molar-refractivity contribution < 1.29 is 9.47 Å². The van der Waals surface area contributed by atoms with Crippen LogP contribution in [-0.2, 0) is 0 Å². The molecule has 0 amide bonds. The highest BCUT2D eigenvalue weighted by Gasteiger charge is 2.34. The minimum Gasteiger partial charge on any atom is -0.493 e. The molecule has 3 rings (SSSR count). The SMILES string of the molecule is CCOc1cc(NC2CCN(C3CC3)C2)ccc1OC. The number of ether oxygens (including phenoxy) is 2. The minimum absolute atomic E-state index is 0.554. The third-order valence-electron chi connectivity index (χ3n) is 4.12. The Labute approximate surface area is 121 Å². The predicted octanol–water partition coefficient (Wildman–Crippen LogP) is 2.74. The number of methoxy groups -OCH3 is 1. The molecule has 0 radical (unpaired) electrons. The van der Waals surface area contributed by atoms with Crippen LogP contribution in [0.15, 0.2) is 18.2 Å². The first-order valence-electron chi connectivity index (χ1n) is 7.61. The molecule has 110 valence electrons. The van der Waals surface area contributed by atoms with Gasteiger partial charge in [-0.3, -0.25) is 4.90 Å². The van der Waals surface area contributed by atoms with Crippen molar-refractivity contribution in [1.82, 2.24) is 4.90 Å². The highest BCUT2D eigenvalue weighted by Crippen LogP contribution is 2.33. The lowest BCUT2D eigenvalue weighted by Crippen LogP contribution is -2.27. The molecular weight excluding hydrogens is 252 g/mol. The van der Waals surface area contributed by atoms with Gasteiger partial charge in [-0.05, 0) is 38.3 Å². The fourth-order valence-electron chi connectivity index (χ4n) is 2.95. The van der Waals surface area contributed by atoms with Crippen molar-refractivity contribution >= 4 is 5.69 Å². The van der Waals surface area contributed by atoms with Gasteiger partial charge in [0, 0.05) is 36.9 Å². The van der Waals surface area contributed by atoms with Crippen molar-refractivity contribution in [3.05, 3.63) is 18.2 Å². The molecule has 2 aliphatic rings. The molecule has 1 N–H and O–H groups in total. The van der Waals surface area contributed by atoms with Crippen LogP contribution in [0.2, 0.25) is 0 Å². The molecule has 0 spiro atoms. The van der Waals surface area contributed by atoms with E-state index in [4.69, 9.17) is 9.47 Å². The topological polar surface area (TPSA) is 33.7 Å². The molecule has 1 aliphatic heterocycles. The molecule has 0 bridgehead atoms. The standard InChI is InChI=1S/C16H24N2O2/c1-3-20-16-10-12(4-7-15(16)19-2)17-13-8-9-18(11-13)14-5-6-14/h4,7,10,13-14,17H,3,5-6,8-9,11H2,1-2H3. The summed E-state index contributed by atoms with van der Waals surface area (Å²) in [6, 6.07) is 7.51. The molecule has 4 heteroatoms. The molecule has 1 saturated carbocycles. The maximum absolute atomic E-state index is 5.63. The van der Waals surface area contributed by atoms with E-state index in [1.54, 1.807) is 7.11 Å². The summed E-state index contributed by atoms with van der Waals surface area (Å²) in [5.41, 5.74) is 1.12. The molecule has 4 nitrogen and oxygen atoms in total. The molecule has 1 aromatic rings. The van der Waals surface area contributed by atoms with E-state index in [0.29, 0.717) is 12.6 Å². The second-order valence-corrected chi connectivity index (χ2v) is 5.65. The van der Waals surface area contributed by atoms with E-state index in [1.807, 2.05) is 19.1 Å². The van der Waals surface area contributed by atoms with E-state index in [9.17, 15) is 0 Å². The zero-order valence-corrected chi connectivity index (χ0v) is 12.4. The van der Waals surface area contributed by atoms with Gasteiger partial charge in [0.2, 0.25) is 0 Å². The van der Waals surface area contributed by atoms with Crippen LogP contribution in [0.3, 0.4) is 0 Å². The van der Waals surface area contributed by atoms with Crippen molar-refractivity contribution in [3.8, 4) is 11.5 Å². The first kappa shape index (κ1) is 13.6. The van der Waals surface area contributed by atoms with Crippen molar-refractivity contribution in [2.75, 3.05) is 32.1 Å². The Bertz CT molecular complexity index is 460. The highest BCUT2D eigenvalue weighted by atomic mass is 16.5. The summed E-state index contributed by atoms with van der Waals surface area (Å²) in [7, 11) is 1.68. The first-order valence-corrected chi connectivity index (χ1v) is 7.61. The van der Waals surface area contributed by atoms with Gasteiger partial charge in [-0.25, -0.2) is 0 Å². The zero-order valence-electron chi connectivity index (χ0n) is 12.4. The Hall–Kier alpha value is -1.42. The van der Waals surface area contributed by atoms with Gasteiger partial charge >= 0.3 is 0 Å². The molecular formula is C16H24N2O2. The summed E-state index contributed by atoms with van der Waals surface area (Å²) in [6.07, 6.45) is 4.01. The lowest BCUT2D eigenvalue weighted by molar-refractivity contribution is 0.311. The van der Waals surface area contributed by atoms with Gasteiger partial charge in [-0.15, -0.1) is 0 Å². The maximum Gasteiger partial charge on any atom is 0.163 e. The van der Waals surface area contributed by atoms with Crippen molar-refractivity contribution in [2.45, 2.75) is 38.3 Å². The normalized spacial score (nSPS) is 22.8. The van der Waals surface area contributed by atoms with E-state index in [-0.39, 0.29) is 0 Å². The summed E-state index contributed by atoms with van der Waals surface area (Å²) >= 11 is 0. The van der Waals surface area contributed by atoms with E-state index < -0.39 is 0 Å². The number of anilines is 1. The van der Waals surface area contributed by atoms with Crippen LogP contribution in [0.25, 0.3) is 0 Å². The zero-order chi connectivity index (χ0) is 13.9. The van der Waals surface area contributed by atoms with Gasteiger partial charge in [-0.1, -0.05) is 0 Å². The van der Waals surface area contributed by atoms with E-state index in [1.165, 1.54) is 32.4 Å². The Balaban J connectivity index is 1.63. The molecule has 1 heterocycles. The number of nitrogens with one attached hydrogen (secondary N) is 1. The van der Waals surface area contributed by atoms with Gasteiger partial charge in [0.15, 0.2) is 11.5 Å². The van der Waals surface area contributed by atoms with Crippen molar-refractivity contribution in [3.63, 3.8) is 0 Å². The number of rotatable bonds is 6. The Morgan fingerprint density at radius 3 is 2.80 bits per heavy atom. The fraction of sp³-hybridized carbons (Fsp3) is 0.625. The van der Waals surface area contributed by atoms with E-state index in [2.05, 4.69) is 16.3 Å². The first-order chi connectivity index (χ1) is 9.80. The maximum atomic E-state index is 5.63. The van der Waals surface area contributed by atoms with Gasteiger partial charge in [0.05, 0.1) is 13.7 Å². The Kier molecular flexibility index (Phi) is 4.01. The van der Waals surface area contributed by atoms with Crippen LogP contribution in [0.1, 0.15) is 26.2 Å². The van der Waals surface area contributed by atoms with Crippen LogP contribution >= 0.6 is 0 Å². The van der Waals surface area contributed by atoms with E-state index >= 15 is 0 Å². The highest BCUT2D eigenvalue weighted by molar-refractivity contribution is 5.55. The predicted molar refractivity (Wildman–Crippen MR) is 80.8 cm³/mol. The fourth-order valence-corrected chi connectivity index (χ4v) is 2.95. The number of benzene rings is 1. The van der Waals surface area contributed by atoms with Crippen LogP contribution in [-0.4, -0.2) is 43.8 Å². The number of nitrogens with zero attached hydrogens (tertiary/aromatic N) is 1. The lowest BCUT2D eigenvalue weighted by atomic mass is 10.2. The van der Waals surface area contributed by atoms with Crippen LogP contribution in [0.4, 0.5) is 5.69 Å². The van der Waals surface area contributed by atoms with Gasteiger partial charge in [-0.2, -0.15) is 0 Å². The second-order valence-electron chi connectivity index (χ2n) is 5.65. The average Bonchev–Trinajstić information content (AvgIpc) is 3.20. The second kappa shape index (κ2) is 5.92. The van der Waals surface area contributed by atoms with Gasteiger partial charge in [0.25, 0.3) is 0 Å².